The van der Waals surface area contributed by atoms with E-state index in [2.05, 4.69) is 9.46 Å². The Labute approximate surface area is 157 Å². The van der Waals surface area contributed by atoms with Gasteiger partial charge in [0.05, 0.1) is 39.6 Å². The van der Waals surface area contributed by atoms with Crippen LogP contribution >= 0.6 is 0 Å². The van der Waals surface area contributed by atoms with Crippen molar-refractivity contribution < 1.29 is 13.8 Å². The van der Waals surface area contributed by atoms with Crippen molar-refractivity contribution in [2.45, 2.75) is 31.3 Å². The first kappa shape index (κ1) is 17.7. The molecule has 1 aliphatic heterocycles. The molecule has 0 saturated heterocycles. The second-order valence-corrected chi connectivity index (χ2v) is 9.09. The lowest BCUT2D eigenvalue weighted by Gasteiger charge is -2.27. The second kappa shape index (κ2) is 6.45. The van der Waals surface area contributed by atoms with E-state index in [0.29, 0.717) is 42.2 Å². The summed E-state index contributed by atoms with van der Waals surface area (Å²) in [5.41, 5.74) is 3.29. The van der Waals surface area contributed by atoms with Crippen molar-refractivity contribution in [2.75, 3.05) is 12.8 Å². The van der Waals surface area contributed by atoms with Crippen molar-refractivity contribution in [2.24, 2.45) is 4.36 Å². The number of carbonyl (C=O) groups excluding carboxylic acids is 2. The third kappa shape index (κ3) is 3.21. The molecule has 0 radical (unpaired) electrons. The van der Waals surface area contributed by atoms with Crippen LogP contribution in [0.2, 0.25) is 0 Å². The van der Waals surface area contributed by atoms with Crippen molar-refractivity contribution >= 4 is 27.6 Å². The van der Waals surface area contributed by atoms with Crippen LogP contribution in [0.3, 0.4) is 0 Å². The van der Waals surface area contributed by atoms with Crippen LogP contribution in [0.15, 0.2) is 45.3 Å². The van der Waals surface area contributed by atoms with Crippen molar-refractivity contribution in [3.05, 3.63) is 52.9 Å². The van der Waals surface area contributed by atoms with Gasteiger partial charge in [-0.1, -0.05) is 24.3 Å². The third-order valence-electron chi connectivity index (χ3n) is 4.98. The molecule has 2 amide bonds. The molecule has 0 spiro atoms. The first-order chi connectivity index (χ1) is 12.8. The number of rotatable bonds is 2. The quantitative estimate of drug-likeness (QED) is 0.791. The smallest absolute Gasteiger partial charge is 0.281 e. The molecule has 1 aromatic carbocycles. The molecule has 8 heteroatoms. The van der Waals surface area contributed by atoms with Crippen molar-refractivity contribution in [1.82, 2.24) is 14.7 Å². The van der Waals surface area contributed by atoms with Gasteiger partial charge in [-0.05, 0) is 17.2 Å². The fourth-order valence-corrected chi connectivity index (χ4v) is 4.87. The molecule has 2 aliphatic rings. The first-order valence-electron chi connectivity index (χ1n) is 8.70. The maximum Gasteiger partial charge on any atom is 0.281 e. The van der Waals surface area contributed by atoms with Crippen molar-refractivity contribution in [1.29, 1.82) is 0 Å². The summed E-state index contributed by atoms with van der Waals surface area (Å²) in [7, 11) is -2.97. The van der Waals surface area contributed by atoms with E-state index < -0.39 is 15.6 Å². The molecular weight excluding hydrogens is 364 g/mol. The lowest BCUT2D eigenvalue weighted by molar-refractivity contribution is -0.130. The number of hydrogen-bond acceptors (Lipinski definition) is 4. The van der Waals surface area contributed by atoms with Gasteiger partial charge in [0.1, 0.15) is 0 Å². The molecule has 7 nitrogen and oxygen atoms in total. The van der Waals surface area contributed by atoms with Gasteiger partial charge in [-0.15, -0.1) is 0 Å². The Bertz CT molecular complexity index is 1110. The van der Waals surface area contributed by atoms with E-state index in [4.69, 9.17) is 0 Å². The minimum absolute atomic E-state index is 0.0436. The van der Waals surface area contributed by atoms with E-state index in [1.54, 1.807) is 9.58 Å². The molecule has 0 N–H and O–H groups in total. The molecule has 1 aromatic heterocycles. The Kier molecular flexibility index (Phi) is 4.22. The van der Waals surface area contributed by atoms with Crippen LogP contribution in [0.5, 0.6) is 0 Å². The monoisotopic (exact) mass is 384 g/mol. The molecule has 2 heterocycles. The fraction of sp³-hybridized carbons (Fsp3) is 0.316. The molecule has 4 rings (SSSR count). The zero-order valence-electron chi connectivity index (χ0n) is 15.2. The number of benzene rings is 1. The van der Waals surface area contributed by atoms with Gasteiger partial charge >= 0.3 is 0 Å². The standard InChI is InChI=1S/C19H20N4O3S/c1-13(24)22-7-8-23-17(12-22)18(11-20-23)27(2,26)21-19(25)16-9-14-5-3-4-6-15(14)10-16/h3-6,9,11H,7-8,10,12H2,1-2H3. The molecule has 27 heavy (non-hydrogen) atoms. The number of aromatic nitrogens is 2. The fourth-order valence-electron chi connectivity index (χ4n) is 3.49. The van der Waals surface area contributed by atoms with E-state index in [0.717, 1.165) is 11.1 Å². The predicted octanol–water partition coefficient (Wildman–Crippen LogP) is 1.87. The first-order valence-corrected chi connectivity index (χ1v) is 10.6. The highest BCUT2D eigenvalue weighted by Crippen LogP contribution is 2.27. The minimum Gasteiger partial charge on any atom is -0.335 e. The number of nitrogens with zero attached hydrogens (tertiary/aromatic N) is 4. The Morgan fingerprint density at radius 1 is 1.22 bits per heavy atom. The number of hydrogen-bond donors (Lipinski definition) is 0. The summed E-state index contributed by atoms with van der Waals surface area (Å²) >= 11 is 0. The minimum atomic E-state index is -2.97. The summed E-state index contributed by atoms with van der Waals surface area (Å²) in [5.74, 6) is -0.504. The van der Waals surface area contributed by atoms with Crippen molar-refractivity contribution in [3.8, 4) is 0 Å². The Balaban J connectivity index is 1.65. The van der Waals surface area contributed by atoms with E-state index in [1.165, 1.54) is 19.4 Å². The van der Waals surface area contributed by atoms with Gasteiger partial charge in [-0.3, -0.25) is 14.3 Å². The van der Waals surface area contributed by atoms with Crippen LogP contribution in [0.4, 0.5) is 0 Å². The Morgan fingerprint density at radius 3 is 2.74 bits per heavy atom. The molecule has 0 bridgehead atoms. The van der Waals surface area contributed by atoms with Gasteiger partial charge in [0.25, 0.3) is 5.91 Å². The molecule has 1 atom stereocenters. The summed E-state index contributed by atoms with van der Waals surface area (Å²) < 4.78 is 19.1. The lowest BCUT2D eigenvalue weighted by Crippen LogP contribution is -2.37. The van der Waals surface area contributed by atoms with Gasteiger partial charge in [-0.25, -0.2) is 4.21 Å². The normalized spacial score (nSPS) is 17.6. The number of fused-ring (bicyclic) bond motifs is 2. The molecule has 0 fully saturated rings. The zero-order chi connectivity index (χ0) is 19.2. The zero-order valence-corrected chi connectivity index (χ0v) is 16.0. The highest BCUT2D eigenvalue weighted by Gasteiger charge is 2.27. The van der Waals surface area contributed by atoms with Crippen LogP contribution < -0.4 is 0 Å². The predicted molar refractivity (Wildman–Crippen MR) is 101 cm³/mol. The van der Waals surface area contributed by atoms with E-state index in [-0.39, 0.29) is 5.91 Å². The van der Waals surface area contributed by atoms with Gasteiger partial charge in [0, 0.05) is 31.7 Å². The van der Waals surface area contributed by atoms with Gasteiger partial charge in [0.15, 0.2) is 0 Å². The maximum absolute atomic E-state index is 13.3. The topological polar surface area (TPSA) is 84.6 Å². The summed E-state index contributed by atoms with van der Waals surface area (Å²) in [5, 5.41) is 4.27. The summed E-state index contributed by atoms with van der Waals surface area (Å²) in [6.45, 7) is 2.94. The van der Waals surface area contributed by atoms with E-state index in [1.807, 2.05) is 30.3 Å². The average molecular weight is 384 g/mol. The number of amides is 2. The molecule has 140 valence electrons. The van der Waals surface area contributed by atoms with Crippen LogP contribution in [0, 0.1) is 0 Å². The van der Waals surface area contributed by atoms with Gasteiger partial charge < -0.3 is 4.90 Å². The average Bonchev–Trinajstić information content (AvgIpc) is 3.25. The van der Waals surface area contributed by atoms with Crippen LogP contribution in [0.25, 0.3) is 6.08 Å². The molecular formula is C19H20N4O3S. The Hall–Kier alpha value is -2.74. The molecule has 0 saturated carbocycles. The summed E-state index contributed by atoms with van der Waals surface area (Å²) in [4.78, 5) is 26.5. The lowest BCUT2D eigenvalue weighted by atomic mass is 10.1. The van der Waals surface area contributed by atoms with Crippen LogP contribution in [0.1, 0.15) is 23.7 Å². The molecule has 2 aromatic rings. The summed E-state index contributed by atoms with van der Waals surface area (Å²) in [6, 6.07) is 7.77. The largest absolute Gasteiger partial charge is 0.335 e. The SMILES string of the molecule is CC(=O)N1CCn2ncc(S(C)(=O)=NC(=O)C3=Cc4ccccc4C3)c2C1. The molecule has 1 unspecified atom stereocenters. The number of carbonyl (C=O) groups is 2. The maximum atomic E-state index is 13.3. The van der Waals surface area contributed by atoms with Gasteiger partial charge in [-0.2, -0.15) is 9.46 Å². The molecule has 1 aliphatic carbocycles. The third-order valence-corrected chi connectivity index (χ3v) is 6.65. The van der Waals surface area contributed by atoms with Crippen molar-refractivity contribution in [3.63, 3.8) is 0 Å². The summed E-state index contributed by atoms with van der Waals surface area (Å²) in [6.07, 6.45) is 5.27. The second-order valence-electron chi connectivity index (χ2n) is 6.86. The van der Waals surface area contributed by atoms with E-state index in [9.17, 15) is 13.8 Å². The van der Waals surface area contributed by atoms with Crippen LogP contribution in [-0.2, 0) is 38.8 Å². The highest BCUT2D eigenvalue weighted by molar-refractivity contribution is 7.93. The Morgan fingerprint density at radius 2 is 2.00 bits per heavy atom. The highest BCUT2D eigenvalue weighted by atomic mass is 32.2. The van der Waals surface area contributed by atoms with Crippen LogP contribution in [-0.4, -0.2) is 43.5 Å². The van der Waals surface area contributed by atoms with E-state index >= 15 is 0 Å². The van der Waals surface area contributed by atoms with Gasteiger partial charge in [0.2, 0.25) is 5.91 Å².